The molecule has 2 aliphatic heterocycles. The average Bonchev–Trinajstić information content (AvgIpc) is 4.27. The number of fused-ring (bicyclic) bond motifs is 4. The SMILES string of the molecule is COC(=O)N[C@@H](CCC#N)C(=O)N1[C@H](c2nc3ccc(-c4cc5ccc4CCc4ccc(c(-c6ccc7nc([C@@H]8C[C@@H]9CCCC[C@@H]9N8C(=O)[C@H](CCC#N)NC(=O)OC)[nH]c7c6)c4)CC5)cc3[nH]2)C[C@@H]2CCCC[C@@H]21. The lowest BCUT2D eigenvalue weighted by molar-refractivity contribution is -0.138. The number of aryl methyl sites for hydroxylation is 4. The van der Waals surface area contributed by atoms with Crippen LogP contribution in [0.15, 0.2) is 72.8 Å². The molecule has 4 fully saturated rings. The molecule has 14 rings (SSSR count). The minimum atomic E-state index is -0.872. The van der Waals surface area contributed by atoms with E-state index >= 15 is 0 Å². The predicted octanol–water partition coefficient (Wildman–Crippen LogP) is 10.4. The summed E-state index contributed by atoms with van der Waals surface area (Å²) < 4.78 is 9.76. The van der Waals surface area contributed by atoms with Gasteiger partial charge in [-0.15, -0.1) is 0 Å². The third-order valence-electron chi connectivity index (χ3n) is 17.3. The Morgan fingerprint density at radius 3 is 1.46 bits per heavy atom. The van der Waals surface area contributed by atoms with Gasteiger partial charge in [0.1, 0.15) is 23.7 Å². The number of amides is 4. The van der Waals surface area contributed by atoms with Crippen LogP contribution in [0.2, 0.25) is 0 Å². The van der Waals surface area contributed by atoms with Crippen LogP contribution >= 0.6 is 0 Å². The molecule has 4 N–H and O–H groups in total. The maximum Gasteiger partial charge on any atom is 0.407 e. The summed E-state index contributed by atoms with van der Waals surface area (Å²) in [4.78, 5) is 75.2. The number of hydrogen-bond acceptors (Lipinski definition) is 10. The Bertz CT molecular complexity index is 3060. The quantitative estimate of drug-likeness (QED) is 0.0908. The summed E-state index contributed by atoms with van der Waals surface area (Å²) in [6.45, 7) is 0. The molecule has 0 spiro atoms. The van der Waals surface area contributed by atoms with Crippen molar-refractivity contribution in [2.24, 2.45) is 11.8 Å². The van der Waals surface area contributed by atoms with Gasteiger partial charge in [-0.3, -0.25) is 9.59 Å². The van der Waals surface area contributed by atoms with E-state index in [-0.39, 0.29) is 61.7 Å². The lowest BCUT2D eigenvalue weighted by Crippen LogP contribution is -2.51. The number of carbonyl (C=O) groups excluding carboxylic acids is 4. The van der Waals surface area contributed by atoms with Gasteiger partial charge < -0.3 is 39.9 Å². The number of nitrogens with zero attached hydrogens (tertiary/aromatic N) is 6. The first-order valence-corrected chi connectivity index (χ1v) is 27.4. The lowest BCUT2D eigenvalue weighted by atomic mass is 9.84. The number of nitriles is 2. The van der Waals surface area contributed by atoms with Gasteiger partial charge in [-0.05, 0) is 158 Å². The first-order valence-electron chi connectivity index (χ1n) is 27.4. The van der Waals surface area contributed by atoms with Crippen molar-refractivity contribution in [2.75, 3.05) is 14.2 Å². The van der Waals surface area contributed by atoms with Crippen molar-refractivity contribution in [3.8, 4) is 34.4 Å². The molecule has 4 heterocycles. The number of ether oxygens (including phenoxy) is 2. The van der Waals surface area contributed by atoms with Crippen molar-refractivity contribution in [3.05, 3.63) is 107 Å². The van der Waals surface area contributed by atoms with Crippen LogP contribution in [-0.4, -0.2) is 92.1 Å². The summed E-state index contributed by atoms with van der Waals surface area (Å²) in [6, 6.07) is 28.7. The van der Waals surface area contributed by atoms with Crippen LogP contribution in [-0.2, 0) is 44.7 Å². The van der Waals surface area contributed by atoms with Gasteiger partial charge in [-0.2, -0.15) is 10.5 Å². The molecule has 76 heavy (non-hydrogen) atoms. The van der Waals surface area contributed by atoms with E-state index in [9.17, 15) is 29.7 Å². The summed E-state index contributed by atoms with van der Waals surface area (Å²) in [5.74, 6) is 1.76. The van der Waals surface area contributed by atoms with Crippen molar-refractivity contribution in [3.63, 3.8) is 0 Å². The van der Waals surface area contributed by atoms with Gasteiger partial charge in [0.25, 0.3) is 0 Å². The number of imidazole rings is 2. The van der Waals surface area contributed by atoms with Crippen molar-refractivity contribution in [1.29, 1.82) is 10.5 Å². The number of benzene rings is 4. The van der Waals surface area contributed by atoms with E-state index < -0.39 is 24.3 Å². The molecule has 2 saturated carbocycles. The Labute approximate surface area is 442 Å². The normalized spacial score (nSPS) is 22.6. The summed E-state index contributed by atoms with van der Waals surface area (Å²) in [7, 11) is 2.55. The Kier molecular flexibility index (Phi) is 14.5. The van der Waals surface area contributed by atoms with Gasteiger partial charge >= 0.3 is 12.2 Å². The Hall–Kier alpha value is -7.72. The van der Waals surface area contributed by atoms with E-state index in [1.807, 2.05) is 9.80 Å². The van der Waals surface area contributed by atoms with Crippen LogP contribution in [0, 0.1) is 34.5 Å². The molecule has 6 aromatic rings. The second-order valence-corrected chi connectivity index (χ2v) is 21.7. The summed E-state index contributed by atoms with van der Waals surface area (Å²) in [5.41, 5.74) is 13.1. The van der Waals surface area contributed by atoms with Crippen molar-refractivity contribution in [1.82, 2.24) is 40.4 Å². The minimum Gasteiger partial charge on any atom is -0.453 e. The predicted molar refractivity (Wildman–Crippen MR) is 286 cm³/mol. The summed E-state index contributed by atoms with van der Waals surface area (Å²) >= 11 is 0. The number of methoxy groups -OCH3 is 2. The van der Waals surface area contributed by atoms with Crippen molar-refractivity contribution >= 4 is 46.1 Å². The third kappa shape index (κ3) is 9.97. The van der Waals surface area contributed by atoms with Gasteiger partial charge in [0.2, 0.25) is 11.8 Å². The fourth-order valence-electron chi connectivity index (χ4n) is 13.5. The maximum absolute atomic E-state index is 14.4. The number of nitrogens with one attached hydrogen (secondary N) is 4. The molecule has 8 aliphatic rings. The number of aromatic amines is 2. The molecule has 4 amide bonds. The Morgan fingerprint density at radius 1 is 0.605 bits per heavy atom. The second-order valence-electron chi connectivity index (χ2n) is 21.7. The van der Waals surface area contributed by atoms with Crippen molar-refractivity contribution in [2.45, 2.75) is 152 Å². The molecule has 16 nitrogen and oxygen atoms in total. The van der Waals surface area contributed by atoms with Crippen LogP contribution in [0.25, 0.3) is 44.3 Å². The Balaban J connectivity index is 0.844. The first-order chi connectivity index (χ1) is 37.1. The number of carbonyl (C=O) groups is 4. The van der Waals surface area contributed by atoms with Crippen LogP contribution in [0.4, 0.5) is 9.59 Å². The molecule has 392 valence electrons. The zero-order valence-corrected chi connectivity index (χ0v) is 43.4. The van der Waals surface area contributed by atoms with Gasteiger partial charge in [-0.1, -0.05) is 74.2 Å². The molecule has 2 aromatic heterocycles. The van der Waals surface area contributed by atoms with Crippen LogP contribution in [0.3, 0.4) is 0 Å². The number of hydrogen-bond donors (Lipinski definition) is 4. The molecule has 4 bridgehead atoms. The molecule has 0 radical (unpaired) electrons. The average molecular weight is 1020 g/mol. The number of likely N-dealkylation sites (tertiary alicyclic amines) is 2. The van der Waals surface area contributed by atoms with Gasteiger partial charge in [0.05, 0.1) is 60.5 Å². The van der Waals surface area contributed by atoms with E-state index in [0.29, 0.717) is 11.8 Å². The number of H-pyrrole nitrogens is 2. The zero-order chi connectivity index (χ0) is 52.5. The molecule has 2 saturated heterocycles. The molecule has 8 atom stereocenters. The summed E-state index contributed by atoms with van der Waals surface area (Å²) in [5, 5.41) is 24.3. The highest BCUT2D eigenvalue weighted by Gasteiger charge is 2.49. The van der Waals surface area contributed by atoms with E-state index in [0.717, 1.165) is 135 Å². The fourth-order valence-corrected chi connectivity index (χ4v) is 13.5. The highest BCUT2D eigenvalue weighted by atomic mass is 16.5. The van der Waals surface area contributed by atoms with E-state index in [2.05, 4.69) is 106 Å². The van der Waals surface area contributed by atoms with Gasteiger partial charge in [0, 0.05) is 24.9 Å². The van der Waals surface area contributed by atoms with E-state index in [1.165, 1.54) is 47.6 Å². The van der Waals surface area contributed by atoms with Gasteiger partial charge in [0.15, 0.2) is 0 Å². The molecular weight excluding hydrogens is 957 g/mol. The fraction of sp³-hybridized carbons (Fsp3) is 0.467. The number of aromatic nitrogens is 4. The topological polar surface area (TPSA) is 222 Å². The molecule has 6 aliphatic carbocycles. The standard InChI is InChI=1S/C60H66N10O6/c1-75-59(73)67-47(11-7-27-61)57(71)69-51-13-5-3-9-41(51)33-53(69)55-63-45-25-23-39(31-49(45)65-55)43-29-35-15-19-37(43)21-17-36-16-20-38(22-18-35)44(30-36)40-24-26-46-50(32-40)66-56(64-46)54-34-42-10-4-6-14-52(42)70(54)58(72)48(12-8-28-62)68-60(74)76-2/h15-16,19-20,23-26,29-32,41-42,47-48,51-54H,3-14,17-18,21-22,33-34H2,1-2H3,(H,63,65)(H,64,66)(H,67,73)(H,68,74)/t41-,42-,47-,48-,51-,52-,53-,54-/m0/s1. The highest BCUT2D eigenvalue weighted by Crippen LogP contribution is 2.48. The molecular formula is C60H66N10O6. The van der Waals surface area contributed by atoms with Crippen molar-refractivity contribution < 1.29 is 28.7 Å². The lowest BCUT2D eigenvalue weighted by Gasteiger charge is -2.35. The van der Waals surface area contributed by atoms with E-state index in [4.69, 9.17) is 19.4 Å². The number of rotatable bonds is 12. The van der Waals surface area contributed by atoms with E-state index in [1.54, 1.807) is 0 Å². The third-order valence-corrected chi connectivity index (χ3v) is 17.3. The van der Waals surface area contributed by atoms with Crippen LogP contribution in [0.1, 0.15) is 136 Å². The molecule has 4 aromatic carbocycles. The first kappa shape index (κ1) is 50.4. The number of alkyl carbamates (subject to hydrolysis) is 2. The second kappa shape index (κ2) is 21.9. The van der Waals surface area contributed by atoms with Crippen LogP contribution in [0.5, 0.6) is 0 Å². The molecule has 0 unspecified atom stereocenters. The maximum atomic E-state index is 14.4. The summed E-state index contributed by atoms with van der Waals surface area (Å²) in [6.07, 6.45) is 12.4. The van der Waals surface area contributed by atoms with Crippen LogP contribution < -0.4 is 10.6 Å². The highest BCUT2D eigenvalue weighted by molar-refractivity contribution is 5.89. The Morgan fingerprint density at radius 2 is 1.04 bits per heavy atom. The largest absolute Gasteiger partial charge is 0.453 e. The monoisotopic (exact) mass is 1020 g/mol. The van der Waals surface area contributed by atoms with Gasteiger partial charge in [-0.25, -0.2) is 19.6 Å². The smallest absolute Gasteiger partial charge is 0.407 e. The zero-order valence-electron chi connectivity index (χ0n) is 43.4. The molecule has 16 heteroatoms. The minimum absolute atomic E-state index is 0.0380.